The van der Waals surface area contributed by atoms with Gasteiger partial charge in [0.25, 0.3) is 0 Å². The lowest BCUT2D eigenvalue weighted by atomic mass is 9.72. The Kier molecular flexibility index (Phi) is 6.21. The minimum Gasteiger partial charge on any atom is -0.351 e. The molecule has 0 fully saturated rings. The fourth-order valence-corrected chi connectivity index (χ4v) is 2.81. The molecule has 0 aromatic rings. The molecule has 0 spiro atoms. The van der Waals surface area contributed by atoms with Crippen LogP contribution >= 0.6 is 0 Å². The summed E-state index contributed by atoms with van der Waals surface area (Å²) >= 11 is 0. The number of carbonyl (C=O) groups is 2. The van der Waals surface area contributed by atoms with Gasteiger partial charge in [0.1, 0.15) is 0 Å². The zero-order valence-electron chi connectivity index (χ0n) is 14.5. The predicted octanol–water partition coefficient (Wildman–Crippen LogP) is 2.54. The molecule has 3 amide bonds. The summed E-state index contributed by atoms with van der Waals surface area (Å²) in [6, 6.07) is -0.485. The van der Waals surface area contributed by atoms with Gasteiger partial charge in [-0.1, -0.05) is 25.5 Å². The van der Waals surface area contributed by atoms with E-state index in [-0.39, 0.29) is 11.3 Å². The Balaban J connectivity index is 2.65. The van der Waals surface area contributed by atoms with E-state index in [9.17, 15) is 9.59 Å². The molecule has 0 heterocycles. The van der Waals surface area contributed by atoms with Crippen LogP contribution in [0.15, 0.2) is 23.3 Å². The van der Waals surface area contributed by atoms with E-state index in [4.69, 9.17) is 5.73 Å². The van der Waals surface area contributed by atoms with Crippen LogP contribution in [0.25, 0.3) is 0 Å². The summed E-state index contributed by atoms with van der Waals surface area (Å²) in [6.07, 6.45) is 7.07. The number of nitrogens with two attached hydrogens (primary N) is 1. The molecule has 0 radical (unpaired) electrons. The van der Waals surface area contributed by atoms with Gasteiger partial charge in [0.2, 0.25) is 5.91 Å². The maximum Gasteiger partial charge on any atom is 0.314 e. The third-order valence-corrected chi connectivity index (χ3v) is 4.46. The van der Waals surface area contributed by atoms with Crippen LogP contribution in [0.1, 0.15) is 40.0 Å². The number of hydrogen-bond acceptors (Lipinski definition) is 2. The van der Waals surface area contributed by atoms with Gasteiger partial charge < -0.3 is 15.5 Å². The first-order valence-corrected chi connectivity index (χ1v) is 7.79. The Bertz CT molecular complexity index is 492. The Labute approximate surface area is 133 Å². The Morgan fingerprint density at radius 2 is 1.82 bits per heavy atom. The van der Waals surface area contributed by atoms with Crippen molar-refractivity contribution in [2.45, 2.75) is 40.0 Å². The van der Waals surface area contributed by atoms with E-state index in [1.807, 2.05) is 6.08 Å². The summed E-state index contributed by atoms with van der Waals surface area (Å²) in [7, 11) is 3.35. The molecule has 0 saturated heterocycles. The first-order chi connectivity index (χ1) is 10.1. The highest BCUT2D eigenvalue weighted by Gasteiger charge is 2.26. The van der Waals surface area contributed by atoms with Crippen LogP contribution in [0.4, 0.5) is 4.79 Å². The first kappa shape index (κ1) is 18.3. The Morgan fingerprint density at radius 1 is 1.23 bits per heavy atom. The van der Waals surface area contributed by atoms with E-state index in [2.05, 4.69) is 20.8 Å². The molecule has 0 aromatic carbocycles. The van der Waals surface area contributed by atoms with Crippen LogP contribution in [0, 0.1) is 5.41 Å². The van der Waals surface area contributed by atoms with Crippen LogP contribution in [-0.4, -0.2) is 48.9 Å². The van der Waals surface area contributed by atoms with Crippen LogP contribution < -0.4 is 5.73 Å². The third-order valence-electron chi connectivity index (χ3n) is 4.46. The minimum absolute atomic E-state index is 0.0560. The summed E-state index contributed by atoms with van der Waals surface area (Å²) in [5.74, 6) is -0.0560. The maximum atomic E-state index is 12.2. The lowest BCUT2D eigenvalue weighted by Gasteiger charge is -2.33. The lowest BCUT2D eigenvalue weighted by Crippen LogP contribution is -2.39. The number of carbonyl (C=O) groups excluding carboxylic acids is 2. The minimum atomic E-state index is -0.485. The fourth-order valence-electron chi connectivity index (χ4n) is 2.81. The van der Waals surface area contributed by atoms with E-state index in [0.29, 0.717) is 13.1 Å². The fraction of sp³-hybridized carbons (Fsp3) is 0.647. The van der Waals surface area contributed by atoms with Crippen LogP contribution in [0.5, 0.6) is 0 Å². The second-order valence-electron chi connectivity index (χ2n) is 6.78. The summed E-state index contributed by atoms with van der Waals surface area (Å²) in [4.78, 5) is 26.1. The summed E-state index contributed by atoms with van der Waals surface area (Å²) in [6.45, 7) is 7.50. The van der Waals surface area contributed by atoms with E-state index in [1.165, 1.54) is 22.5 Å². The monoisotopic (exact) mass is 307 g/mol. The molecule has 0 aliphatic heterocycles. The van der Waals surface area contributed by atoms with Gasteiger partial charge in [-0.15, -0.1) is 0 Å². The highest BCUT2D eigenvalue weighted by Crippen LogP contribution is 2.40. The highest BCUT2D eigenvalue weighted by molar-refractivity contribution is 5.88. The van der Waals surface area contributed by atoms with Crippen molar-refractivity contribution >= 4 is 11.9 Å². The van der Waals surface area contributed by atoms with Crippen LogP contribution in [-0.2, 0) is 4.79 Å². The topological polar surface area (TPSA) is 66.6 Å². The van der Waals surface area contributed by atoms with Crippen molar-refractivity contribution in [1.29, 1.82) is 0 Å². The van der Waals surface area contributed by atoms with Gasteiger partial charge in [-0.05, 0) is 37.2 Å². The number of allylic oxidation sites excluding steroid dienone is 3. The zero-order valence-corrected chi connectivity index (χ0v) is 14.5. The number of nitrogens with zero attached hydrogens (tertiary/aromatic N) is 2. The summed E-state index contributed by atoms with van der Waals surface area (Å²) in [5, 5.41) is 0. The third kappa shape index (κ3) is 4.90. The molecule has 0 atom stereocenters. The van der Waals surface area contributed by atoms with Crippen molar-refractivity contribution in [2.24, 2.45) is 11.1 Å². The standard InChI is InChI=1S/C17H29N3O2/c1-13-7-6-10-17(2,3)14(13)8-9-15(21)19(4)11-12-20(5)16(18)22/h8-9H,6-7,10-12H2,1-5H3,(H2,18,22)/b9-8+. The van der Waals surface area contributed by atoms with Crippen molar-refractivity contribution in [2.75, 3.05) is 27.2 Å². The molecule has 124 valence electrons. The summed E-state index contributed by atoms with van der Waals surface area (Å²) in [5.41, 5.74) is 7.94. The first-order valence-electron chi connectivity index (χ1n) is 7.79. The van der Waals surface area contributed by atoms with E-state index < -0.39 is 6.03 Å². The SMILES string of the molecule is CC1=C(/C=C/C(=O)N(C)CCN(C)C(N)=O)C(C)(C)CCC1. The number of urea groups is 1. The molecule has 22 heavy (non-hydrogen) atoms. The van der Waals surface area contributed by atoms with Gasteiger partial charge in [-0.2, -0.15) is 0 Å². The number of likely N-dealkylation sites (N-methyl/N-ethyl adjacent to an activating group) is 2. The molecular formula is C17H29N3O2. The average molecular weight is 307 g/mol. The summed E-state index contributed by atoms with van der Waals surface area (Å²) < 4.78 is 0. The number of primary amides is 1. The van der Waals surface area contributed by atoms with Crippen molar-refractivity contribution in [1.82, 2.24) is 9.80 Å². The molecule has 2 N–H and O–H groups in total. The van der Waals surface area contributed by atoms with E-state index in [0.717, 1.165) is 12.8 Å². The molecule has 0 unspecified atom stereocenters. The lowest BCUT2D eigenvalue weighted by molar-refractivity contribution is -0.124. The predicted molar refractivity (Wildman–Crippen MR) is 89.3 cm³/mol. The smallest absolute Gasteiger partial charge is 0.314 e. The van der Waals surface area contributed by atoms with Gasteiger partial charge in [-0.3, -0.25) is 4.79 Å². The second kappa shape index (κ2) is 7.47. The van der Waals surface area contributed by atoms with E-state index >= 15 is 0 Å². The number of amides is 3. The molecule has 5 nitrogen and oxygen atoms in total. The molecule has 0 bridgehead atoms. The van der Waals surface area contributed by atoms with Crippen LogP contribution in [0.3, 0.4) is 0 Å². The highest BCUT2D eigenvalue weighted by atomic mass is 16.2. The molecule has 0 aromatic heterocycles. The molecule has 1 aliphatic carbocycles. The van der Waals surface area contributed by atoms with Crippen molar-refractivity contribution in [3.8, 4) is 0 Å². The molecular weight excluding hydrogens is 278 g/mol. The average Bonchev–Trinajstić information content (AvgIpc) is 2.42. The van der Waals surface area contributed by atoms with Gasteiger partial charge in [0.05, 0.1) is 0 Å². The van der Waals surface area contributed by atoms with Crippen LogP contribution in [0.2, 0.25) is 0 Å². The normalized spacial score (nSPS) is 17.7. The van der Waals surface area contributed by atoms with Gasteiger partial charge in [0.15, 0.2) is 0 Å². The van der Waals surface area contributed by atoms with Gasteiger partial charge in [0, 0.05) is 33.3 Å². The molecule has 1 rings (SSSR count). The number of rotatable bonds is 5. The van der Waals surface area contributed by atoms with Crippen molar-refractivity contribution in [3.63, 3.8) is 0 Å². The Hall–Kier alpha value is -1.78. The number of hydrogen-bond donors (Lipinski definition) is 1. The van der Waals surface area contributed by atoms with Gasteiger partial charge >= 0.3 is 6.03 Å². The van der Waals surface area contributed by atoms with Gasteiger partial charge in [-0.25, -0.2) is 4.79 Å². The maximum absolute atomic E-state index is 12.2. The van der Waals surface area contributed by atoms with Crippen molar-refractivity contribution < 1.29 is 9.59 Å². The quantitative estimate of drug-likeness (QED) is 0.793. The van der Waals surface area contributed by atoms with E-state index in [1.54, 1.807) is 25.1 Å². The Morgan fingerprint density at radius 3 is 2.36 bits per heavy atom. The second-order valence-corrected chi connectivity index (χ2v) is 6.78. The molecule has 0 saturated carbocycles. The molecule has 5 heteroatoms. The molecule has 1 aliphatic rings. The largest absolute Gasteiger partial charge is 0.351 e. The zero-order chi connectivity index (χ0) is 16.9. The van der Waals surface area contributed by atoms with Crippen molar-refractivity contribution in [3.05, 3.63) is 23.3 Å².